The van der Waals surface area contributed by atoms with Crippen molar-refractivity contribution in [1.29, 1.82) is 0 Å². The molecule has 0 aliphatic heterocycles. The molecule has 1 aliphatic rings. The summed E-state index contributed by atoms with van der Waals surface area (Å²) in [6.45, 7) is 2.67. The molecule has 0 bridgehead atoms. The molecule has 3 N–H and O–H groups in total. The van der Waals surface area contributed by atoms with Crippen molar-refractivity contribution < 1.29 is 14.1 Å². The van der Waals surface area contributed by atoms with Crippen LogP contribution in [0, 0.1) is 0 Å². The van der Waals surface area contributed by atoms with Gasteiger partial charge in [-0.2, -0.15) is 0 Å². The van der Waals surface area contributed by atoms with Crippen molar-refractivity contribution in [3.8, 4) is 0 Å². The van der Waals surface area contributed by atoms with Crippen LogP contribution in [0.25, 0.3) is 11.0 Å². The summed E-state index contributed by atoms with van der Waals surface area (Å²) in [6.07, 6.45) is 4.58. The molecular formula is C19H21N5O3. The summed E-state index contributed by atoms with van der Waals surface area (Å²) in [5.41, 5.74) is 9.00. The largest absolute Gasteiger partial charge is 0.366 e. The van der Waals surface area contributed by atoms with Gasteiger partial charge in [-0.1, -0.05) is 12.1 Å². The molecule has 27 heavy (non-hydrogen) atoms. The number of benzene rings is 1. The summed E-state index contributed by atoms with van der Waals surface area (Å²) >= 11 is 0. The Morgan fingerprint density at radius 3 is 2.89 bits per heavy atom. The molecule has 2 aromatic heterocycles. The number of primary amides is 1. The van der Waals surface area contributed by atoms with Gasteiger partial charge in [-0.3, -0.25) is 14.9 Å². The molecule has 1 aliphatic carbocycles. The van der Waals surface area contributed by atoms with Crippen LogP contribution in [-0.2, 0) is 19.4 Å². The number of rotatable bonds is 5. The fourth-order valence-corrected chi connectivity index (χ4v) is 3.55. The molecular weight excluding hydrogens is 346 g/mol. The second-order valence-corrected chi connectivity index (χ2v) is 6.75. The normalized spacial score (nSPS) is 13.5. The molecule has 2 amide bonds. The maximum atomic E-state index is 12.8. The lowest BCUT2D eigenvalue weighted by atomic mass is 9.96. The Hall–Kier alpha value is -3.16. The molecule has 0 radical (unpaired) electrons. The third-order valence-corrected chi connectivity index (χ3v) is 4.87. The van der Waals surface area contributed by atoms with Crippen LogP contribution in [0.1, 0.15) is 58.4 Å². The fourth-order valence-electron chi connectivity index (χ4n) is 3.55. The second-order valence-electron chi connectivity index (χ2n) is 6.75. The first-order valence-electron chi connectivity index (χ1n) is 9.17. The molecule has 2 heterocycles. The van der Waals surface area contributed by atoms with E-state index in [0.29, 0.717) is 23.6 Å². The number of nitrogens with zero attached hydrogens (tertiary/aromatic N) is 3. The number of aryl methyl sites for hydroxylation is 2. The third kappa shape index (κ3) is 3.07. The van der Waals surface area contributed by atoms with E-state index in [9.17, 15) is 9.59 Å². The van der Waals surface area contributed by atoms with Crippen LogP contribution < -0.4 is 11.1 Å². The predicted octanol–water partition coefficient (Wildman–Crippen LogP) is 2.66. The van der Waals surface area contributed by atoms with Gasteiger partial charge >= 0.3 is 0 Å². The summed E-state index contributed by atoms with van der Waals surface area (Å²) < 4.78 is 7.19. The van der Waals surface area contributed by atoms with Crippen molar-refractivity contribution in [2.45, 2.75) is 45.6 Å². The van der Waals surface area contributed by atoms with E-state index in [-0.39, 0.29) is 11.7 Å². The highest BCUT2D eigenvalue weighted by Gasteiger charge is 2.25. The van der Waals surface area contributed by atoms with Crippen molar-refractivity contribution in [3.05, 3.63) is 40.8 Å². The van der Waals surface area contributed by atoms with Crippen LogP contribution in [0.3, 0.4) is 0 Å². The molecule has 0 saturated carbocycles. The van der Waals surface area contributed by atoms with E-state index in [1.165, 1.54) is 0 Å². The Bertz CT molecular complexity index is 1030. The van der Waals surface area contributed by atoms with Crippen molar-refractivity contribution in [3.63, 3.8) is 0 Å². The van der Waals surface area contributed by atoms with E-state index in [2.05, 4.69) is 15.5 Å². The number of carbonyl (C=O) groups excluding carboxylic acids is 2. The molecule has 8 heteroatoms. The van der Waals surface area contributed by atoms with Crippen LogP contribution in [0.15, 0.2) is 22.7 Å². The van der Waals surface area contributed by atoms with Gasteiger partial charge in [-0.25, -0.2) is 4.98 Å². The van der Waals surface area contributed by atoms with Crippen molar-refractivity contribution >= 4 is 28.8 Å². The van der Waals surface area contributed by atoms with E-state index in [1.807, 2.05) is 11.5 Å². The Morgan fingerprint density at radius 2 is 2.11 bits per heavy atom. The Kier molecular flexibility index (Phi) is 4.39. The Balaban J connectivity index is 1.70. The second kappa shape index (κ2) is 6.86. The summed E-state index contributed by atoms with van der Waals surface area (Å²) in [5, 5.41) is 6.89. The van der Waals surface area contributed by atoms with E-state index in [0.717, 1.165) is 48.9 Å². The molecule has 0 saturated heterocycles. The number of aromatic nitrogens is 3. The number of hydrogen-bond donors (Lipinski definition) is 2. The lowest BCUT2D eigenvalue weighted by Crippen LogP contribution is -2.18. The third-order valence-electron chi connectivity index (χ3n) is 4.87. The predicted molar refractivity (Wildman–Crippen MR) is 99.6 cm³/mol. The number of amides is 2. The van der Waals surface area contributed by atoms with Crippen molar-refractivity contribution in [2.75, 3.05) is 5.32 Å². The minimum Gasteiger partial charge on any atom is -0.366 e. The van der Waals surface area contributed by atoms with Gasteiger partial charge in [0.15, 0.2) is 0 Å². The molecule has 8 nitrogen and oxygen atoms in total. The van der Waals surface area contributed by atoms with Gasteiger partial charge in [0.05, 0.1) is 16.7 Å². The summed E-state index contributed by atoms with van der Waals surface area (Å²) in [5.74, 6) is -0.175. The number of anilines is 1. The van der Waals surface area contributed by atoms with Crippen molar-refractivity contribution in [1.82, 2.24) is 14.7 Å². The summed E-state index contributed by atoms with van der Waals surface area (Å²) in [7, 11) is 0. The molecule has 0 atom stereocenters. The average molecular weight is 367 g/mol. The van der Waals surface area contributed by atoms with Crippen molar-refractivity contribution in [2.24, 2.45) is 5.73 Å². The number of fused-ring (bicyclic) bond motifs is 2. The highest BCUT2D eigenvalue weighted by atomic mass is 16.5. The van der Waals surface area contributed by atoms with E-state index in [4.69, 9.17) is 10.3 Å². The van der Waals surface area contributed by atoms with Gasteiger partial charge in [-0.05, 0) is 50.3 Å². The van der Waals surface area contributed by atoms with E-state index >= 15 is 0 Å². The SMILES string of the molecule is CCCn1c(NC(=O)c2onc3c2CCCC3)nc2ccc(C(N)=O)cc21. The molecule has 4 rings (SSSR count). The lowest BCUT2D eigenvalue weighted by molar-refractivity contribution is 0.0982. The number of nitrogens with two attached hydrogens (primary N) is 1. The highest BCUT2D eigenvalue weighted by Crippen LogP contribution is 2.26. The van der Waals surface area contributed by atoms with Crippen LogP contribution in [0.4, 0.5) is 5.95 Å². The number of nitrogens with one attached hydrogen (secondary N) is 1. The Labute approximate surface area is 155 Å². The maximum absolute atomic E-state index is 12.8. The van der Waals surface area contributed by atoms with Gasteiger partial charge in [0.2, 0.25) is 17.6 Å². The molecule has 3 aromatic rings. The van der Waals surface area contributed by atoms with Gasteiger partial charge < -0.3 is 14.8 Å². The first-order chi connectivity index (χ1) is 13.1. The minimum absolute atomic E-state index is 0.262. The average Bonchev–Trinajstić information content (AvgIpc) is 3.23. The fraction of sp³-hybridized carbons (Fsp3) is 0.368. The first kappa shape index (κ1) is 17.3. The summed E-state index contributed by atoms with van der Waals surface area (Å²) in [6, 6.07) is 5.06. The van der Waals surface area contributed by atoms with Crippen LogP contribution in [0.2, 0.25) is 0 Å². The molecule has 1 aromatic carbocycles. The monoisotopic (exact) mass is 367 g/mol. The Morgan fingerprint density at radius 1 is 1.30 bits per heavy atom. The zero-order valence-electron chi connectivity index (χ0n) is 15.1. The lowest BCUT2D eigenvalue weighted by Gasteiger charge is -2.10. The summed E-state index contributed by atoms with van der Waals surface area (Å²) in [4.78, 5) is 28.8. The number of carbonyl (C=O) groups is 2. The van der Waals surface area contributed by atoms with Gasteiger partial charge in [0, 0.05) is 17.7 Å². The first-order valence-corrected chi connectivity index (χ1v) is 9.17. The molecule has 0 unspecified atom stereocenters. The van der Waals surface area contributed by atoms with Gasteiger partial charge in [-0.15, -0.1) is 0 Å². The van der Waals surface area contributed by atoms with Gasteiger partial charge in [0.1, 0.15) is 0 Å². The van der Waals surface area contributed by atoms with Crippen LogP contribution >= 0.6 is 0 Å². The van der Waals surface area contributed by atoms with Crippen LogP contribution in [-0.4, -0.2) is 26.5 Å². The van der Waals surface area contributed by atoms with Crippen LogP contribution in [0.5, 0.6) is 0 Å². The standard InChI is InChI=1S/C19H21N5O3/c1-2-9-24-15-10-11(17(20)25)7-8-14(15)21-19(24)22-18(26)16-12-5-3-4-6-13(12)23-27-16/h7-8,10H,2-6,9H2,1H3,(H2,20,25)(H,21,22,26). The quantitative estimate of drug-likeness (QED) is 0.719. The highest BCUT2D eigenvalue weighted by molar-refractivity contribution is 6.03. The van der Waals surface area contributed by atoms with Gasteiger partial charge in [0.25, 0.3) is 5.91 Å². The zero-order chi connectivity index (χ0) is 19.0. The minimum atomic E-state index is -0.500. The smallest absolute Gasteiger partial charge is 0.296 e. The maximum Gasteiger partial charge on any atom is 0.296 e. The number of imidazole rings is 1. The zero-order valence-corrected chi connectivity index (χ0v) is 15.1. The van der Waals surface area contributed by atoms with E-state index in [1.54, 1.807) is 18.2 Å². The molecule has 140 valence electrons. The molecule has 0 spiro atoms. The molecule has 0 fully saturated rings. The van der Waals surface area contributed by atoms with E-state index < -0.39 is 5.91 Å². The number of hydrogen-bond acceptors (Lipinski definition) is 5. The topological polar surface area (TPSA) is 116 Å².